The lowest BCUT2D eigenvalue weighted by atomic mass is 9.91. The number of amides is 1. The summed E-state index contributed by atoms with van der Waals surface area (Å²) >= 11 is 0. The average Bonchev–Trinajstić information content (AvgIpc) is 2.61. The highest BCUT2D eigenvalue weighted by Crippen LogP contribution is 2.26. The van der Waals surface area contributed by atoms with Crippen LogP contribution in [0.3, 0.4) is 0 Å². The normalized spacial score (nSPS) is 26.7. The maximum atomic E-state index is 11.4. The van der Waals surface area contributed by atoms with Gasteiger partial charge in [-0.05, 0) is 25.9 Å². The minimum Gasteiger partial charge on any atom is -0.387 e. The maximum absolute atomic E-state index is 11.4. The molecule has 1 aliphatic heterocycles. The quantitative estimate of drug-likeness (QED) is 0.720. The molecular weight excluding hydrogens is 192 g/mol. The number of aliphatic hydroxyl groups is 1. The SMILES string of the molecule is CC(C)[C@@H]1CN(C(=O)CO)C[C@H]1N(C)C. The zero-order valence-electron chi connectivity index (χ0n) is 10.1. The third kappa shape index (κ3) is 2.69. The Kier molecular flexibility index (Phi) is 4.11. The highest BCUT2D eigenvalue weighted by atomic mass is 16.3. The number of aliphatic hydroxyl groups excluding tert-OH is 1. The Morgan fingerprint density at radius 1 is 1.47 bits per heavy atom. The first-order valence-corrected chi connectivity index (χ1v) is 5.52. The van der Waals surface area contributed by atoms with Crippen LogP contribution < -0.4 is 0 Å². The summed E-state index contributed by atoms with van der Waals surface area (Å²) < 4.78 is 0. The summed E-state index contributed by atoms with van der Waals surface area (Å²) in [6, 6.07) is 0.417. The molecule has 4 nitrogen and oxygen atoms in total. The van der Waals surface area contributed by atoms with Crippen LogP contribution in [0.5, 0.6) is 0 Å². The number of rotatable bonds is 3. The molecule has 0 spiro atoms. The number of hydrogen-bond donors (Lipinski definition) is 1. The van der Waals surface area contributed by atoms with Gasteiger partial charge >= 0.3 is 0 Å². The van der Waals surface area contributed by atoms with Gasteiger partial charge in [-0.1, -0.05) is 13.8 Å². The molecule has 0 aromatic carbocycles. The largest absolute Gasteiger partial charge is 0.387 e. The van der Waals surface area contributed by atoms with Crippen molar-refractivity contribution in [1.29, 1.82) is 0 Å². The first-order valence-electron chi connectivity index (χ1n) is 5.52. The molecule has 1 heterocycles. The first kappa shape index (κ1) is 12.5. The Labute approximate surface area is 91.9 Å². The first-order chi connectivity index (χ1) is 6.97. The molecule has 1 amide bonds. The van der Waals surface area contributed by atoms with E-state index in [9.17, 15) is 4.79 Å². The van der Waals surface area contributed by atoms with Crippen LogP contribution in [-0.4, -0.2) is 60.6 Å². The summed E-state index contributed by atoms with van der Waals surface area (Å²) in [5.74, 6) is 0.925. The van der Waals surface area contributed by atoms with Crippen LogP contribution in [0.1, 0.15) is 13.8 Å². The van der Waals surface area contributed by atoms with Gasteiger partial charge in [0.25, 0.3) is 0 Å². The highest BCUT2D eigenvalue weighted by molar-refractivity contribution is 5.77. The maximum Gasteiger partial charge on any atom is 0.248 e. The van der Waals surface area contributed by atoms with Crippen molar-refractivity contribution in [3.63, 3.8) is 0 Å². The highest BCUT2D eigenvalue weighted by Gasteiger charge is 2.37. The predicted octanol–water partition coefficient (Wildman–Crippen LogP) is 0.0233. The van der Waals surface area contributed by atoms with Crippen LogP contribution in [-0.2, 0) is 4.79 Å². The average molecular weight is 214 g/mol. The van der Waals surface area contributed by atoms with Crippen LogP contribution in [0.25, 0.3) is 0 Å². The second kappa shape index (κ2) is 4.94. The van der Waals surface area contributed by atoms with E-state index >= 15 is 0 Å². The van der Waals surface area contributed by atoms with Crippen LogP contribution in [0.4, 0.5) is 0 Å². The third-order valence-electron chi connectivity index (χ3n) is 3.34. The van der Waals surface area contributed by atoms with Crippen LogP contribution in [0.2, 0.25) is 0 Å². The molecule has 1 saturated heterocycles. The zero-order valence-corrected chi connectivity index (χ0v) is 10.1. The van der Waals surface area contributed by atoms with E-state index in [1.165, 1.54) is 0 Å². The Morgan fingerprint density at radius 3 is 2.40 bits per heavy atom. The number of likely N-dealkylation sites (N-methyl/N-ethyl adjacent to an activating group) is 1. The van der Waals surface area contributed by atoms with Crippen molar-refractivity contribution in [2.75, 3.05) is 33.8 Å². The molecular formula is C11H22N2O2. The van der Waals surface area contributed by atoms with E-state index in [0.717, 1.165) is 13.1 Å². The molecule has 15 heavy (non-hydrogen) atoms. The monoisotopic (exact) mass is 214 g/mol. The molecule has 0 aliphatic carbocycles. The lowest BCUT2D eigenvalue weighted by molar-refractivity contribution is -0.133. The molecule has 4 heteroatoms. The van der Waals surface area contributed by atoms with E-state index in [2.05, 4.69) is 18.7 Å². The Balaban J connectivity index is 2.69. The molecule has 1 rings (SSSR count). The van der Waals surface area contributed by atoms with Gasteiger partial charge in [-0.3, -0.25) is 4.79 Å². The fourth-order valence-corrected chi connectivity index (χ4v) is 2.32. The van der Waals surface area contributed by atoms with Crippen molar-refractivity contribution < 1.29 is 9.90 Å². The fraction of sp³-hybridized carbons (Fsp3) is 0.909. The van der Waals surface area contributed by atoms with E-state index in [0.29, 0.717) is 17.9 Å². The molecule has 0 bridgehead atoms. The molecule has 0 unspecified atom stereocenters. The molecule has 0 saturated carbocycles. The molecule has 2 atom stereocenters. The summed E-state index contributed by atoms with van der Waals surface area (Å²) in [5, 5.41) is 8.84. The predicted molar refractivity (Wildman–Crippen MR) is 59.5 cm³/mol. The van der Waals surface area contributed by atoms with Crippen molar-refractivity contribution in [2.24, 2.45) is 11.8 Å². The van der Waals surface area contributed by atoms with Crippen molar-refractivity contribution in [2.45, 2.75) is 19.9 Å². The second-order valence-corrected chi connectivity index (χ2v) is 4.90. The van der Waals surface area contributed by atoms with E-state index in [1.54, 1.807) is 4.90 Å². The summed E-state index contributed by atoms with van der Waals surface area (Å²) in [6.07, 6.45) is 0. The molecule has 1 aliphatic rings. The van der Waals surface area contributed by atoms with Gasteiger partial charge in [0.05, 0.1) is 0 Å². The van der Waals surface area contributed by atoms with Crippen molar-refractivity contribution in [3.8, 4) is 0 Å². The van der Waals surface area contributed by atoms with Gasteiger partial charge in [0, 0.05) is 19.1 Å². The molecule has 1 fully saturated rings. The second-order valence-electron chi connectivity index (χ2n) is 4.90. The van der Waals surface area contributed by atoms with Crippen LogP contribution >= 0.6 is 0 Å². The Bertz CT molecular complexity index is 213. The molecule has 0 aromatic heterocycles. The van der Waals surface area contributed by atoms with Crippen molar-refractivity contribution >= 4 is 5.91 Å². The van der Waals surface area contributed by atoms with Gasteiger partial charge in [-0.15, -0.1) is 0 Å². The number of carbonyl (C=O) groups is 1. The molecule has 0 aromatic rings. The zero-order chi connectivity index (χ0) is 11.6. The topological polar surface area (TPSA) is 43.8 Å². The number of hydrogen-bond acceptors (Lipinski definition) is 3. The standard InChI is InChI=1S/C11H22N2O2/c1-8(2)9-5-13(11(15)7-14)6-10(9)12(3)4/h8-10,14H,5-7H2,1-4H3/t9-,10+/m0/s1. The fourth-order valence-electron chi connectivity index (χ4n) is 2.32. The van der Waals surface area contributed by atoms with E-state index in [4.69, 9.17) is 5.11 Å². The lowest BCUT2D eigenvalue weighted by Gasteiger charge is -2.27. The van der Waals surface area contributed by atoms with Gasteiger partial charge in [0.15, 0.2) is 0 Å². The van der Waals surface area contributed by atoms with Crippen LogP contribution in [0.15, 0.2) is 0 Å². The lowest BCUT2D eigenvalue weighted by Crippen LogP contribution is -2.38. The summed E-state index contributed by atoms with van der Waals surface area (Å²) in [6.45, 7) is 5.53. The molecule has 0 radical (unpaired) electrons. The number of nitrogens with zero attached hydrogens (tertiary/aromatic N) is 2. The Hall–Kier alpha value is -0.610. The van der Waals surface area contributed by atoms with E-state index in [-0.39, 0.29) is 12.5 Å². The minimum absolute atomic E-state index is 0.148. The minimum atomic E-state index is -0.370. The van der Waals surface area contributed by atoms with E-state index < -0.39 is 0 Å². The van der Waals surface area contributed by atoms with Gasteiger partial charge in [-0.25, -0.2) is 0 Å². The van der Waals surface area contributed by atoms with Crippen LogP contribution in [0, 0.1) is 11.8 Å². The number of carbonyl (C=O) groups excluding carboxylic acids is 1. The van der Waals surface area contributed by atoms with Crippen molar-refractivity contribution in [1.82, 2.24) is 9.80 Å². The number of likely N-dealkylation sites (tertiary alicyclic amines) is 1. The van der Waals surface area contributed by atoms with Gasteiger partial charge < -0.3 is 14.9 Å². The summed E-state index contributed by atoms with van der Waals surface area (Å²) in [5.41, 5.74) is 0. The molecule has 1 N–H and O–H groups in total. The van der Waals surface area contributed by atoms with Gasteiger partial charge in [-0.2, -0.15) is 0 Å². The van der Waals surface area contributed by atoms with E-state index in [1.807, 2.05) is 14.1 Å². The third-order valence-corrected chi connectivity index (χ3v) is 3.34. The molecule has 88 valence electrons. The summed E-state index contributed by atoms with van der Waals surface area (Å²) in [4.78, 5) is 15.4. The Morgan fingerprint density at radius 2 is 2.07 bits per heavy atom. The van der Waals surface area contributed by atoms with Gasteiger partial charge in [0.2, 0.25) is 5.91 Å². The van der Waals surface area contributed by atoms with Gasteiger partial charge in [0.1, 0.15) is 6.61 Å². The smallest absolute Gasteiger partial charge is 0.248 e. The summed E-state index contributed by atoms with van der Waals surface area (Å²) in [7, 11) is 4.10. The van der Waals surface area contributed by atoms with Crippen molar-refractivity contribution in [3.05, 3.63) is 0 Å².